The highest BCUT2D eigenvalue weighted by Gasteiger charge is 2.42. The number of benzene rings is 2. The molecule has 174 valence electrons. The smallest absolute Gasteiger partial charge is 0.408 e. The molecule has 0 aliphatic carbocycles. The van der Waals surface area contributed by atoms with Crippen LogP contribution in [0.15, 0.2) is 90.1 Å². The Kier molecular flexibility index (Phi) is 7.77. The highest BCUT2D eigenvalue weighted by molar-refractivity contribution is 8.00. The minimum absolute atomic E-state index is 0.0853. The predicted octanol–water partition coefficient (Wildman–Crippen LogP) is 2.65. The van der Waals surface area contributed by atoms with Gasteiger partial charge in [0, 0.05) is 23.7 Å². The molecule has 1 aliphatic heterocycles. The topological polar surface area (TPSA) is 109 Å². The lowest BCUT2D eigenvalue weighted by atomic mass is 10.0. The number of aromatic nitrogens is 1. The van der Waals surface area contributed by atoms with Gasteiger partial charge in [0.05, 0.1) is 0 Å². The molecule has 0 spiro atoms. The zero-order valence-corrected chi connectivity index (χ0v) is 19.0. The van der Waals surface area contributed by atoms with Gasteiger partial charge in [0.25, 0.3) is 0 Å². The maximum atomic E-state index is 13.1. The van der Waals surface area contributed by atoms with Crippen molar-refractivity contribution in [1.82, 2.24) is 20.9 Å². The molecular weight excluding hydrogens is 452 g/mol. The summed E-state index contributed by atoms with van der Waals surface area (Å²) in [5.74, 6) is -0.731. The van der Waals surface area contributed by atoms with Crippen molar-refractivity contribution in [2.75, 3.05) is 0 Å². The summed E-state index contributed by atoms with van der Waals surface area (Å²) in [5, 5.41) is 7.90. The summed E-state index contributed by atoms with van der Waals surface area (Å²) >= 11 is 1.42. The van der Waals surface area contributed by atoms with Gasteiger partial charge in [0.1, 0.15) is 24.1 Å². The molecule has 3 aromatic rings. The van der Waals surface area contributed by atoms with Gasteiger partial charge in [-0.25, -0.2) is 4.79 Å². The summed E-state index contributed by atoms with van der Waals surface area (Å²) < 4.78 is 5.29. The molecule has 3 atom stereocenters. The molecule has 1 saturated heterocycles. The normalized spacial score (nSPS) is 17.6. The van der Waals surface area contributed by atoms with Crippen LogP contribution < -0.4 is 16.0 Å². The summed E-state index contributed by atoms with van der Waals surface area (Å²) in [5.41, 5.74) is 1.70. The predicted molar refractivity (Wildman–Crippen MR) is 128 cm³/mol. The van der Waals surface area contributed by atoms with E-state index in [9.17, 15) is 14.4 Å². The van der Waals surface area contributed by atoms with Crippen molar-refractivity contribution in [1.29, 1.82) is 0 Å². The van der Waals surface area contributed by atoms with Crippen LogP contribution >= 0.6 is 11.8 Å². The number of ether oxygens (including phenoxy) is 1. The van der Waals surface area contributed by atoms with Crippen molar-refractivity contribution < 1.29 is 19.1 Å². The third kappa shape index (κ3) is 6.35. The molecule has 2 heterocycles. The molecule has 4 rings (SSSR count). The molecule has 9 heteroatoms. The Labute approximate surface area is 201 Å². The molecule has 0 unspecified atom stereocenters. The first kappa shape index (κ1) is 23.3. The molecule has 3 N–H and O–H groups in total. The van der Waals surface area contributed by atoms with Gasteiger partial charge in [0.15, 0.2) is 0 Å². The second-order valence-electron chi connectivity index (χ2n) is 7.66. The fraction of sp³-hybridized carbons (Fsp3) is 0.200. The van der Waals surface area contributed by atoms with Crippen LogP contribution in [-0.2, 0) is 27.4 Å². The number of carbonyl (C=O) groups excluding carboxylic acids is 3. The number of thioether (sulfide) groups is 1. The van der Waals surface area contributed by atoms with E-state index in [2.05, 4.69) is 20.9 Å². The van der Waals surface area contributed by atoms with Crippen LogP contribution in [0.5, 0.6) is 0 Å². The Bertz CT molecular complexity index is 1120. The fourth-order valence-corrected chi connectivity index (χ4v) is 4.45. The SMILES string of the molecule is O=C(N[C@@H](Cc1ccccc1)C(=O)N[C@H]1C(=O)N[C@H]1Sc1ccncc1)OCc1ccccc1. The molecule has 8 nitrogen and oxygen atoms in total. The van der Waals surface area contributed by atoms with Crippen LogP contribution in [0, 0.1) is 0 Å². The van der Waals surface area contributed by atoms with Gasteiger partial charge in [-0.05, 0) is 23.3 Å². The number of hydrogen-bond acceptors (Lipinski definition) is 6. The minimum Gasteiger partial charge on any atom is -0.445 e. The number of hydrogen-bond donors (Lipinski definition) is 3. The van der Waals surface area contributed by atoms with Crippen LogP contribution in [0.4, 0.5) is 4.79 Å². The Morgan fingerprint density at radius 3 is 2.26 bits per heavy atom. The molecule has 1 fully saturated rings. The van der Waals surface area contributed by atoms with E-state index in [0.29, 0.717) is 0 Å². The number of carbonyl (C=O) groups is 3. The summed E-state index contributed by atoms with van der Waals surface area (Å²) in [7, 11) is 0. The number of alkyl carbamates (subject to hydrolysis) is 1. The van der Waals surface area contributed by atoms with E-state index in [1.54, 1.807) is 12.4 Å². The van der Waals surface area contributed by atoms with Crippen LogP contribution in [0.25, 0.3) is 0 Å². The number of nitrogens with zero attached hydrogens (tertiary/aromatic N) is 1. The third-order valence-electron chi connectivity index (χ3n) is 5.18. The molecule has 0 saturated carbocycles. The molecule has 34 heavy (non-hydrogen) atoms. The van der Waals surface area contributed by atoms with Gasteiger partial charge in [-0.1, -0.05) is 72.4 Å². The number of rotatable bonds is 9. The number of nitrogens with one attached hydrogen (secondary N) is 3. The molecule has 2 aromatic carbocycles. The van der Waals surface area contributed by atoms with E-state index in [1.807, 2.05) is 72.8 Å². The average molecular weight is 477 g/mol. The third-order valence-corrected chi connectivity index (χ3v) is 6.37. The van der Waals surface area contributed by atoms with Crippen molar-refractivity contribution >= 4 is 29.7 Å². The highest BCUT2D eigenvalue weighted by Crippen LogP contribution is 2.27. The zero-order chi connectivity index (χ0) is 23.8. The molecule has 1 aliphatic rings. The van der Waals surface area contributed by atoms with Gasteiger partial charge < -0.3 is 20.7 Å². The maximum absolute atomic E-state index is 13.1. The highest BCUT2D eigenvalue weighted by atomic mass is 32.2. The van der Waals surface area contributed by atoms with Crippen molar-refractivity contribution in [3.8, 4) is 0 Å². The van der Waals surface area contributed by atoms with E-state index < -0.39 is 24.1 Å². The lowest BCUT2D eigenvalue weighted by molar-refractivity contribution is -0.134. The minimum atomic E-state index is -0.911. The average Bonchev–Trinajstić information content (AvgIpc) is 2.87. The molecule has 0 bridgehead atoms. The standard InChI is InChI=1S/C25H24N4O4S/c30-22(28-21-23(31)29-24(21)34-19-11-13-26-14-12-19)20(15-17-7-3-1-4-8-17)27-25(32)33-16-18-9-5-2-6-10-18/h1-14,20-21,24H,15-16H2,(H,27,32)(H,28,30)(H,29,31)/t20-,21-,24-/m0/s1. The molecule has 3 amide bonds. The van der Waals surface area contributed by atoms with Crippen LogP contribution in [-0.4, -0.2) is 40.3 Å². The second-order valence-corrected chi connectivity index (χ2v) is 8.88. The number of β-lactam (4-membered cyclic amide) rings is 1. The quantitative estimate of drug-likeness (QED) is 0.410. The Balaban J connectivity index is 1.39. The molecular formula is C25H24N4O4S. The Hall–Kier alpha value is -3.85. The number of pyridine rings is 1. The monoisotopic (exact) mass is 476 g/mol. The first-order valence-electron chi connectivity index (χ1n) is 10.8. The summed E-state index contributed by atoms with van der Waals surface area (Å²) in [4.78, 5) is 42.6. The second kappa shape index (κ2) is 11.3. The Morgan fingerprint density at radius 1 is 0.971 bits per heavy atom. The van der Waals surface area contributed by atoms with Crippen molar-refractivity contribution in [3.05, 3.63) is 96.3 Å². The van der Waals surface area contributed by atoms with E-state index in [1.165, 1.54) is 11.8 Å². The van der Waals surface area contributed by atoms with Gasteiger partial charge >= 0.3 is 6.09 Å². The first-order valence-corrected chi connectivity index (χ1v) is 11.6. The number of amides is 3. The van der Waals surface area contributed by atoms with E-state index in [0.717, 1.165) is 16.0 Å². The van der Waals surface area contributed by atoms with Crippen LogP contribution in [0.1, 0.15) is 11.1 Å². The lowest BCUT2D eigenvalue weighted by Crippen LogP contribution is -2.69. The Morgan fingerprint density at radius 2 is 1.62 bits per heavy atom. The van der Waals surface area contributed by atoms with Gasteiger partial charge in [-0.2, -0.15) is 0 Å². The van der Waals surface area contributed by atoms with Crippen LogP contribution in [0.3, 0.4) is 0 Å². The largest absolute Gasteiger partial charge is 0.445 e. The van der Waals surface area contributed by atoms with Crippen LogP contribution in [0.2, 0.25) is 0 Å². The van der Waals surface area contributed by atoms with Crippen molar-refractivity contribution in [2.45, 2.75) is 35.4 Å². The van der Waals surface area contributed by atoms with E-state index >= 15 is 0 Å². The lowest BCUT2D eigenvalue weighted by Gasteiger charge is -2.37. The van der Waals surface area contributed by atoms with Gasteiger partial charge in [-0.15, -0.1) is 0 Å². The summed E-state index contributed by atoms with van der Waals surface area (Å²) in [6, 6.07) is 20.6. The van der Waals surface area contributed by atoms with Crippen molar-refractivity contribution in [2.24, 2.45) is 0 Å². The molecule has 0 radical (unpaired) electrons. The zero-order valence-electron chi connectivity index (χ0n) is 18.2. The van der Waals surface area contributed by atoms with E-state index in [4.69, 9.17) is 4.74 Å². The first-order chi connectivity index (χ1) is 16.6. The fourth-order valence-electron chi connectivity index (χ4n) is 3.38. The molecule has 1 aromatic heterocycles. The van der Waals surface area contributed by atoms with Gasteiger partial charge in [0.2, 0.25) is 11.8 Å². The van der Waals surface area contributed by atoms with E-state index in [-0.39, 0.29) is 24.3 Å². The summed E-state index contributed by atoms with van der Waals surface area (Å²) in [6.45, 7) is 0.0853. The van der Waals surface area contributed by atoms with Crippen molar-refractivity contribution in [3.63, 3.8) is 0 Å². The maximum Gasteiger partial charge on any atom is 0.408 e. The summed E-state index contributed by atoms with van der Waals surface area (Å²) in [6.07, 6.45) is 2.87. The van der Waals surface area contributed by atoms with Gasteiger partial charge in [-0.3, -0.25) is 14.6 Å².